The molecule has 3 heterocycles. The van der Waals surface area contributed by atoms with Gasteiger partial charge in [0.05, 0.1) is 7.11 Å². The SMILES string of the molecule is COc1ccc2cc(C(=O)OCC(=O)N3CCN(c4ncccn4)CC3)[nH]c2c1. The maximum absolute atomic E-state index is 12.4. The molecule has 1 fully saturated rings. The van der Waals surface area contributed by atoms with Gasteiger partial charge in [-0.3, -0.25) is 4.79 Å². The van der Waals surface area contributed by atoms with Crippen LogP contribution in [0.1, 0.15) is 10.5 Å². The number of carbonyl (C=O) groups is 2. The summed E-state index contributed by atoms with van der Waals surface area (Å²) in [5.41, 5.74) is 1.06. The van der Waals surface area contributed by atoms with Crippen molar-refractivity contribution in [3.8, 4) is 5.75 Å². The second-order valence-electron chi connectivity index (χ2n) is 6.63. The van der Waals surface area contributed by atoms with Gasteiger partial charge in [0.15, 0.2) is 6.61 Å². The average Bonchev–Trinajstić information content (AvgIpc) is 3.21. The van der Waals surface area contributed by atoms with E-state index in [2.05, 4.69) is 15.0 Å². The minimum atomic E-state index is -0.565. The molecule has 1 aliphatic rings. The fourth-order valence-corrected chi connectivity index (χ4v) is 3.25. The highest BCUT2D eigenvalue weighted by Crippen LogP contribution is 2.21. The first-order valence-corrected chi connectivity index (χ1v) is 9.27. The van der Waals surface area contributed by atoms with E-state index in [-0.39, 0.29) is 12.5 Å². The average molecular weight is 395 g/mol. The number of aromatic nitrogens is 3. The number of aromatic amines is 1. The summed E-state index contributed by atoms with van der Waals surface area (Å²) >= 11 is 0. The lowest BCUT2D eigenvalue weighted by Gasteiger charge is -2.34. The third kappa shape index (κ3) is 4.13. The molecule has 1 N–H and O–H groups in total. The summed E-state index contributed by atoms with van der Waals surface area (Å²) in [4.78, 5) is 39.9. The van der Waals surface area contributed by atoms with Gasteiger partial charge in [0.1, 0.15) is 11.4 Å². The van der Waals surface area contributed by atoms with E-state index in [1.807, 2.05) is 17.0 Å². The van der Waals surface area contributed by atoms with Crippen LogP contribution in [-0.2, 0) is 9.53 Å². The van der Waals surface area contributed by atoms with Crippen LogP contribution in [0.2, 0.25) is 0 Å². The van der Waals surface area contributed by atoms with Crippen LogP contribution in [0.25, 0.3) is 10.9 Å². The van der Waals surface area contributed by atoms with Crippen molar-refractivity contribution in [3.63, 3.8) is 0 Å². The maximum Gasteiger partial charge on any atom is 0.355 e. The summed E-state index contributed by atoms with van der Waals surface area (Å²) in [7, 11) is 1.58. The van der Waals surface area contributed by atoms with Crippen molar-refractivity contribution >= 4 is 28.7 Å². The van der Waals surface area contributed by atoms with Crippen molar-refractivity contribution < 1.29 is 19.1 Å². The molecule has 3 aromatic rings. The number of nitrogens with zero attached hydrogens (tertiary/aromatic N) is 4. The molecule has 150 valence electrons. The Kier molecular flexibility index (Phi) is 5.28. The number of H-pyrrole nitrogens is 1. The van der Waals surface area contributed by atoms with E-state index in [0.29, 0.717) is 43.6 Å². The first-order chi connectivity index (χ1) is 14.1. The Bertz CT molecular complexity index is 1010. The van der Waals surface area contributed by atoms with Gasteiger partial charge in [-0.15, -0.1) is 0 Å². The van der Waals surface area contributed by atoms with Crippen molar-refractivity contribution in [3.05, 3.63) is 48.4 Å². The minimum Gasteiger partial charge on any atom is -0.497 e. The summed E-state index contributed by atoms with van der Waals surface area (Å²) in [5.74, 6) is 0.561. The Morgan fingerprint density at radius 3 is 2.59 bits per heavy atom. The molecule has 1 saturated heterocycles. The monoisotopic (exact) mass is 395 g/mol. The number of benzene rings is 1. The zero-order chi connectivity index (χ0) is 20.2. The van der Waals surface area contributed by atoms with Crippen LogP contribution in [0.15, 0.2) is 42.7 Å². The highest BCUT2D eigenvalue weighted by molar-refractivity contribution is 5.96. The number of piperazine rings is 1. The smallest absolute Gasteiger partial charge is 0.355 e. The number of hydrogen-bond acceptors (Lipinski definition) is 7. The first-order valence-electron chi connectivity index (χ1n) is 9.27. The van der Waals surface area contributed by atoms with Crippen molar-refractivity contribution in [1.82, 2.24) is 19.9 Å². The molecule has 0 saturated carbocycles. The normalized spacial score (nSPS) is 14.1. The van der Waals surface area contributed by atoms with E-state index in [1.165, 1.54) is 0 Å². The molecule has 0 bridgehead atoms. The van der Waals surface area contributed by atoms with E-state index in [0.717, 1.165) is 10.9 Å². The summed E-state index contributed by atoms with van der Waals surface area (Å²) < 4.78 is 10.4. The van der Waals surface area contributed by atoms with Gasteiger partial charge < -0.3 is 24.3 Å². The molecule has 0 aliphatic carbocycles. The van der Waals surface area contributed by atoms with Gasteiger partial charge in [-0.2, -0.15) is 0 Å². The molecule has 9 heteroatoms. The quantitative estimate of drug-likeness (QED) is 0.653. The Hall–Kier alpha value is -3.62. The summed E-state index contributed by atoms with van der Waals surface area (Å²) in [6, 6.07) is 8.92. The van der Waals surface area contributed by atoms with Crippen LogP contribution in [0, 0.1) is 0 Å². The van der Waals surface area contributed by atoms with Crippen LogP contribution >= 0.6 is 0 Å². The van der Waals surface area contributed by atoms with Gasteiger partial charge in [0, 0.05) is 55.5 Å². The Labute approximate surface area is 167 Å². The molecule has 4 rings (SSSR count). The van der Waals surface area contributed by atoms with Gasteiger partial charge in [-0.25, -0.2) is 14.8 Å². The van der Waals surface area contributed by atoms with Crippen molar-refractivity contribution in [2.45, 2.75) is 0 Å². The number of esters is 1. The number of rotatable bonds is 5. The lowest BCUT2D eigenvalue weighted by Crippen LogP contribution is -2.50. The summed E-state index contributed by atoms with van der Waals surface area (Å²) in [6.07, 6.45) is 3.39. The second kappa shape index (κ2) is 8.17. The number of fused-ring (bicyclic) bond motifs is 1. The summed E-state index contributed by atoms with van der Waals surface area (Å²) in [5, 5.41) is 0.864. The van der Waals surface area contributed by atoms with Gasteiger partial charge >= 0.3 is 5.97 Å². The van der Waals surface area contributed by atoms with E-state index >= 15 is 0 Å². The molecule has 9 nitrogen and oxygen atoms in total. The molecule has 1 amide bonds. The Morgan fingerprint density at radius 2 is 1.86 bits per heavy atom. The van der Waals surface area contributed by atoms with Crippen molar-refractivity contribution in [2.24, 2.45) is 0 Å². The molecule has 1 aliphatic heterocycles. The molecule has 29 heavy (non-hydrogen) atoms. The van der Waals surface area contributed by atoms with E-state index in [1.54, 1.807) is 42.6 Å². The molecule has 2 aromatic heterocycles. The maximum atomic E-state index is 12.4. The van der Waals surface area contributed by atoms with Crippen LogP contribution in [0.4, 0.5) is 5.95 Å². The molecule has 0 radical (unpaired) electrons. The number of ether oxygens (including phenoxy) is 2. The molecular weight excluding hydrogens is 374 g/mol. The molecular formula is C20H21N5O4. The zero-order valence-corrected chi connectivity index (χ0v) is 16.0. The predicted octanol–water partition coefficient (Wildman–Crippen LogP) is 1.47. The van der Waals surface area contributed by atoms with E-state index in [9.17, 15) is 9.59 Å². The minimum absolute atomic E-state index is 0.218. The summed E-state index contributed by atoms with van der Waals surface area (Å²) in [6.45, 7) is 2.03. The highest BCUT2D eigenvalue weighted by atomic mass is 16.5. The van der Waals surface area contributed by atoms with Crippen LogP contribution in [0.5, 0.6) is 5.75 Å². The number of amides is 1. The van der Waals surface area contributed by atoms with Crippen molar-refractivity contribution in [1.29, 1.82) is 0 Å². The van der Waals surface area contributed by atoms with Gasteiger partial charge in [-0.05, 0) is 24.3 Å². The Balaban J connectivity index is 1.30. The third-order valence-electron chi connectivity index (χ3n) is 4.84. The van der Waals surface area contributed by atoms with Gasteiger partial charge in [0.2, 0.25) is 5.95 Å². The number of anilines is 1. The Morgan fingerprint density at radius 1 is 1.10 bits per heavy atom. The largest absolute Gasteiger partial charge is 0.497 e. The van der Waals surface area contributed by atoms with Crippen molar-refractivity contribution in [2.75, 3.05) is 44.8 Å². The molecule has 0 spiro atoms. The third-order valence-corrected chi connectivity index (χ3v) is 4.84. The lowest BCUT2D eigenvalue weighted by atomic mass is 10.2. The lowest BCUT2D eigenvalue weighted by molar-refractivity contribution is -0.134. The number of methoxy groups -OCH3 is 1. The zero-order valence-electron chi connectivity index (χ0n) is 16.0. The number of hydrogen-bond donors (Lipinski definition) is 1. The van der Waals surface area contributed by atoms with Crippen LogP contribution < -0.4 is 9.64 Å². The highest BCUT2D eigenvalue weighted by Gasteiger charge is 2.23. The molecule has 0 unspecified atom stereocenters. The fourth-order valence-electron chi connectivity index (χ4n) is 3.25. The molecule has 1 aromatic carbocycles. The predicted molar refractivity (Wildman–Crippen MR) is 106 cm³/mol. The van der Waals surface area contributed by atoms with Crippen LogP contribution in [-0.4, -0.2) is 71.6 Å². The number of nitrogens with one attached hydrogen (secondary N) is 1. The van der Waals surface area contributed by atoms with Gasteiger partial charge in [0.25, 0.3) is 5.91 Å². The first kappa shape index (κ1) is 18.7. The fraction of sp³-hybridized carbons (Fsp3) is 0.300. The van der Waals surface area contributed by atoms with E-state index in [4.69, 9.17) is 9.47 Å². The van der Waals surface area contributed by atoms with Gasteiger partial charge in [-0.1, -0.05) is 0 Å². The van der Waals surface area contributed by atoms with Crippen LogP contribution in [0.3, 0.4) is 0 Å². The second-order valence-corrected chi connectivity index (χ2v) is 6.63. The molecule has 0 atom stereocenters. The standard InChI is InChI=1S/C20H21N5O4/c1-28-15-4-3-14-11-17(23-16(14)12-15)19(27)29-13-18(26)24-7-9-25(10-8-24)20-21-5-2-6-22-20/h2-6,11-12,23H,7-10,13H2,1H3. The topological polar surface area (TPSA) is 101 Å². The number of carbonyl (C=O) groups excluding carboxylic acids is 2. The van der Waals surface area contributed by atoms with E-state index < -0.39 is 5.97 Å².